The third-order valence-corrected chi connectivity index (χ3v) is 11.0. The van der Waals surface area contributed by atoms with Crippen LogP contribution in [0.4, 0.5) is 31.1 Å². The number of esters is 1. The predicted octanol–water partition coefficient (Wildman–Crippen LogP) is 7.77. The van der Waals surface area contributed by atoms with Gasteiger partial charge in [-0.2, -0.15) is 0 Å². The third-order valence-electron chi connectivity index (χ3n) is 8.91. The molecule has 6 rings (SSSR count). The molecule has 0 radical (unpaired) electrons. The number of hydrogen-bond donors (Lipinski definition) is 1. The van der Waals surface area contributed by atoms with Crippen molar-refractivity contribution in [2.75, 3.05) is 64.2 Å². The fraction of sp³-hybridized carbons (Fsp3) is 0.415. The topological polar surface area (TPSA) is 135 Å². The molecule has 300 valence electrons. The summed E-state index contributed by atoms with van der Waals surface area (Å²) in [6, 6.07) is 12.5. The van der Waals surface area contributed by atoms with Gasteiger partial charge in [0.2, 0.25) is 0 Å². The monoisotopic (exact) mass is 814 g/mol. The van der Waals surface area contributed by atoms with E-state index in [-0.39, 0.29) is 24.6 Å². The van der Waals surface area contributed by atoms with Crippen molar-refractivity contribution in [2.24, 2.45) is 0 Å². The highest BCUT2D eigenvalue weighted by molar-refractivity contribution is 7.22. The van der Waals surface area contributed by atoms with E-state index in [1.165, 1.54) is 29.4 Å². The minimum atomic E-state index is -0.634. The van der Waals surface area contributed by atoms with Gasteiger partial charge in [0.25, 0.3) is 0 Å². The molecule has 0 atom stereocenters. The van der Waals surface area contributed by atoms with E-state index in [2.05, 4.69) is 32.3 Å². The van der Waals surface area contributed by atoms with Crippen molar-refractivity contribution in [3.63, 3.8) is 0 Å². The van der Waals surface area contributed by atoms with Gasteiger partial charge in [-0.3, -0.25) is 4.90 Å². The zero-order chi connectivity index (χ0) is 40.7. The third kappa shape index (κ3) is 10.5. The Bertz CT molecular complexity index is 2260. The predicted molar refractivity (Wildman–Crippen MR) is 222 cm³/mol. The van der Waals surface area contributed by atoms with Crippen LogP contribution in [0.3, 0.4) is 0 Å². The van der Waals surface area contributed by atoms with Crippen molar-refractivity contribution < 1.29 is 28.2 Å². The fourth-order valence-electron chi connectivity index (χ4n) is 6.02. The largest absolute Gasteiger partial charge is 0.491 e. The second kappa shape index (κ2) is 18.3. The molecule has 16 heteroatoms. The van der Waals surface area contributed by atoms with Gasteiger partial charge in [-0.1, -0.05) is 35.3 Å². The van der Waals surface area contributed by atoms with Gasteiger partial charge in [0.1, 0.15) is 5.60 Å². The molecule has 1 amide bonds. The van der Waals surface area contributed by atoms with Crippen LogP contribution in [-0.2, 0) is 22.3 Å². The molecule has 0 spiro atoms. The van der Waals surface area contributed by atoms with Crippen LogP contribution in [0, 0.1) is 24.6 Å². The number of amides is 1. The first kappa shape index (κ1) is 41.3. The summed E-state index contributed by atoms with van der Waals surface area (Å²) in [6.45, 7) is 9.56. The van der Waals surface area contributed by atoms with E-state index in [0.29, 0.717) is 54.8 Å². The molecule has 1 N–H and O–H groups in total. The van der Waals surface area contributed by atoms with Gasteiger partial charge < -0.3 is 29.3 Å². The summed E-state index contributed by atoms with van der Waals surface area (Å²) < 4.78 is 32.6. The molecule has 13 nitrogen and oxygen atoms in total. The van der Waals surface area contributed by atoms with Gasteiger partial charge in [-0.05, 0) is 97.8 Å². The molecule has 2 aromatic carbocycles. The maximum Gasteiger partial charge on any atom is 0.411 e. The highest BCUT2D eigenvalue weighted by Crippen LogP contribution is 2.39. The smallest absolute Gasteiger partial charge is 0.411 e. The summed E-state index contributed by atoms with van der Waals surface area (Å²) >= 11 is 2.96. The summed E-state index contributed by atoms with van der Waals surface area (Å²) in [5, 5.41) is 13.9. The number of carbonyl (C=O) groups is 2. The molecule has 4 heterocycles. The first-order valence-electron chi connectivity index (χ1n) is 18.7. The van der Waals surface area contributed by atoms with Crippen LogP contribution in [0.15, 0.2) is 42.5 Å². The molecule has 0 unspecified atom stereocenters. The average Bonchev–Trinajstić information content (AvgIpc) is 3.79. The lowest BCUT2D eigenvalue weighted by Crippen LogP contribution is -2.40. The second-order valence-electron chi connectivity index (χ2n) is 14.7. The standard InChI is InChI=1S/C41H47FN8O5S2/c1-26-28-14-11-21-50(36(28)47-46-35(26)45-38-43-30-15-8-9-16-32(30)56-38)39-44-34(37(51)53-7)33(57-39)17-12-24-54-31-19-18-27(25-29(31)42)13-10-20-49(23-22-48(5)6)40(52)55-41(2,3)4/h8-9,15-16,18-19,25H,11-12,14,17,20-24H2,1-7H3,(H,43,45,46). The number of anilines is 4. The first-order chi connectivity index (χ1) is 27.3. The molecule has 0 fully saturated rings. The average molecular weight is 815 g/mol. The van der Waals surface area contributed by atoms with Crippen LogP contribution in [0.2, 0.25) is 0 Å². The van der Waals surface area contributed by atoms with Crippen molar-refractivity contribution >= 4 is 66.9 Å². The first-order valence-corrected chi connectivity index (χ1v) is 20.3. The van der Waals surface area contributed by atoms with E-state index in [1.54, 1.807) is 23.5 Å². The highest BCUT2D eigenvalue weighted by atomic mass is 32.1. The van der Waals surface area contributed by atoms with E-state index >= 15 is 4.39 Å². The summed E-state index contributed by atoms with van der Waals surface area (Å²) in [6.07, 6.45) is 2.21. The number of methoxy groups -OCH3 is 1. The number of aromatic nitrogens is 4. The maximum absolute atomic E-state index is 15.1. The number of para-hydroxylation sites is 1. The minimum Gasteiger partial charge on any atom is -0.491 e. The van der Waals surface area contributed by atoms with Crippen LogP contribution < -0.4 is 15.0 Å². The number of halogens is 1. The number of aryl methyl sites for hydroxylation is 1. The van der Waals surface area contributed by atoms with Crippen molar-refractivity contribution in [1.82, 2.24) is 30.0 Å². The Hall–Kier alpha value is -5.37. The Morgan fingerprint density at radius 1 is 1.07 bits per heavy atom. The number of likely N-dealkylation sites (N-methyl/N-ethyl adjacent to an activating group) is 1. The van der Waals surface area contributed by atoms with Crippen LogP contribution in [0.5, 0.6) is 5.75 Å². The van der Waals surface area contributed by atoms with Gasteiger partial charge in [0.15, 0.2) is 39.2 Å². The Balaban J connectivity index is 1.08. The second-order valence-corrected chi connectivity index (χ2v) is 16.8. The molecular formula is C41H47FN8O5S2. The zero-order valence-corrected chi connectivity index (χ0v) is 34.9. The Morgan fingerprint density at radius 2 is 1.88 bits per heavy atom. The summed E-state index contributed by atoms with van der Waals surface area (Å²) in [4.78, 5) is 41.2. The molecule has 3 aromatic heterocycles. The van der Waals surface area contributed by atoms with E-state index in [1.807, 2.05) is 75.9 Å². The lowest BCUT2D eigenvalue weighted by atomic mass is 10.0. The van der Waals surface area contributed by atoms with Gasteiger partial charge in [0, 0.05) is 41.2 Å². The van der Waals surface area contributed by atoms with E-state index in [9.17, 15) is 9.59 Å². The molecular weight excluding hydrogens is 768 g/mol. The van der Waals surface area contributed by atoms with Crippen molar-refractivity contribution in [1.29, 1.82) is 0 Å². The SMILES string of the molecule is COC(=O)c1nc(N2CCCc3c2nnc(Nc2nc4ccccc4s2)c3C)sc1CCCOc1ccc(C#CCN(CCN(C)C)C(=O)OC(C)(C)C)cc1F. The van der Waals surface area contributed by atoms with Crippen LogP contribution in [-0.4, -0.2) is 102 Å². The Kier molecular flexibility index (Phi) is 13.2. The number of carbonyl (C=O) groups excluding carboxylic acids is 2. The number of hydrogen-bond acceptors (Lipinski definition) is 14. The molecule has 0 aliphatic carbocycles. The van der Waals surface area contributed by atoms with E-state index in [0.717, 1.165) is 44.2 Å². The van der Waals surface area contributed by atoms with E-state index < -0.39 is 23.5 Å². The summed E-state index contributed by atoms with van der Waals surface area (Å²) in [5.41, 5.74) is 3.03. The van der Waals surface area contributed by atoms with Crippen molar-refractivity contribution in [3.05, 3.63) is 75.5 Å². The Labute approximate surface area is 340 Å². The van der Waals surface area contributed by atoms with Crippen molar-refractivity contribution in [3.8, 4) is 17.6 Å². The minimum absolute atomic E-state index is 0.0935. The molecule has 0 saturated carbocycles. The van der Waals surface area contributed by atoms with Crippen LogP contribution in [0.25, 0.3) is 10.2 Å². The number of thiazole rings is 2. The van der Waals surface area contributed by atoms with Gasteiger partial charge in [-0.25, -0.2) is 23.9 Å². The zero-order valence-electron chi connectivity index (χ0n) is 33.3. The van der Waals surface area contributed by atoms with E-state index in [4.69, 9.17) is 19.2 Å². The van der Waals surface area contributed by atoms with Crippen molar-refractivity contribution in [2.45, 2.75) is 59.0 Å². The highest BCUT2D eigenvalue weighted by Gasteiger charge is 2.29. The number of nitrogens with one attached hydrogen (secondary N) is 1. The lowest BCUT2D eigenvalue weighted by Gasteiger charge is -2.28. The van der Waals surface area contributed by atoms with Gasteiger partial charge in [-0.15, -0.1) is 21.5 Å². The number of benzene rings is 2. The van der Waals surface area contributed by atoms with Gasteiger partial charge >= 0.3 is 12.1 Å². The molecule has 5 aromatic rings. The number of nitrogens with zero attached hydrogens (tertiary/aromatic N) is 7. The molecule has 0 bridgehead atoms. The molecule has 57 heavy (non-hydrogen) atoms. The normalized spacial score (nSPS) is 12.5. The summed E-state index contributed by atoms with van der Waals surface area (Å²) in [7, 11) is 5.18. The molecule has 1 aliphatic rings. The number of fused-ring (bicyclic) bond motifs is 2. The molecule has 1 aliphatic heterocycles. The maximum atomic E-state index is 15.1. The van der Waals surface area contributed by atoms with Gasteiger partial charge in [0.05, 0.1) is 30.5 Å². The Morgan fingerprint density at radius 3 is 2.61 bits per heavy atom. The van der Waals surface area contributed by atoms with Crippen LogP contribution in [0.1, 0.15) is 65.7 Å². The number of rotatable bonds is 13. The number of ether oxygens (including phenoxy) is 3. The lowest BCUT2D eigenvalue weighted by molar-refractivity contribution is 0.0266. The fourth-order valence-corrected chi connectivity index (χ4v) is 8.00. The quantitative estimate of drug-likeness (QED) is 0.0707. The summed E-state index contributed by atoms with van der Waals surface area (Å²) in [5.74, 6) is 6.29. The molecule has 0 saturated heterocycles. The van der Waals surface area contributed by atoms with Crippen LogP contribution >= 0.6 is 22.7 Å².